The second-order valence-corrected chi connectivity index (χ2v) is 6.20. The van der Waals surface area contributed by atoms with Gasteiger partial charge in [-0.1, -0.05) is 0 Å². The Kier molecular flexibility index (Phi) is 7.51. The first-order valence-corrected chi connectivity index (χ1v) is 6.49. The highest BCUT2D eigenvalue weighted by atomic mass is 127. The Balaban J connectivity index is 0.00000289. The van der Waals surface area contributed by atoms with E-state index < -0.39 is 0 Å². The SMILES string of the molecule is CN=C(NCC(C1CC1)N(C)C)NC(C)(C)C.I. The molecule has 0 aromatic heterocycles. The third kappa shape index (κ3) is 6.78. The fraction of sp³-hybridized carbons (Fsp3) is 0.923. The number of likely N-dealkylation sites (N-methyl/N-ethyl adjacent to an activating group) is 1. The minimum atomic E-state index is 0. The molecule has 5 heteroatoms. The van der Waals surface area contributed by atoms with Crippen LogP contribution in [-0.2, 0) is 0 Å². The van der Waals surface area contributed by atoms with Crippen LogP contribution in [0.1, 0.15) is 33.6 Å². The molecule has 1 fully saturated rings. The number of nitrogens with one attached hydrogen (secondary N) is 2. The predicted octanol–water partition coefficient (Wildman–Crippen LogP) is 1.91. The number of hydrogen-bond donors (Lipinski definition) is 2. The lowest BCUT2D eigenvalue weighted by atomic mass is 10.1. The van der Waals surface area contributed by atoms with Crippen LogP contribution in [0.2, 0.25) is 0 Å². The van der Waals surface area contributed by atoms with Gasteiger partial charge in [0, 0.05) is 25.2 Å². The van der Waals surface area contributed by atoms with Gasteiger partial charge in [0.05, 0.1) is 0 Å². The summed E-state index contributed by atoms with van der Waals surface area (Å²) in [5.41, 5.74) is 0.0506. The molecule has 1 saturated carbocycles. The maximum atomic E-state index is 4.26. The molecule has 0 heterocycles. The zero-order chi connectivity index (χ0) is 13.1. The Hall–Kier alpha value is -0.0400. The van der Waals surface area contributed by atoms with Gasteiger partial charge in [0.1, 0.15) is 0 Å². The van der Waals surface area contributed by atoms with Gasteiger partial charge in [-0.25, -0.2) is 0 Å². The van der Waals surface area contributed by atoms with E-state index in [0.717, 1.165) is 18.4 Å². The lowest BCUT2D eigenvalue weighted by Gasteiger charge is -2.28. The van der Waals surface area contributed by atoms with Gasteiger partial charge in [-0.2, -0.15) is 0 Å². The van der Waals surface area contributed by atoms with E-state index in [2.05, 4.69) is 55.4 Å². The van der Waals surface area contributed by atoms with Crippen LogP contribution in [-0.4, -0.2) is 50.1 Å². The van der Waals surface area contributed by atoms with E-state index in [1.165, 1.54) is 12.8 Å². The van der Waals surface area contributed by atoms with E-state index in [4.69, 9.17) is 0 Å². The smallest absolute Gasteiger partial charge is 0.191 e. The molecule has 4 nitrogen and oxygen atoms in total. The monoisotopic (exact) mass is 368 g/mol. The van der Waals surface area contributed by atoms with Gasteiger partial charge in [0.15, 0.2) is 5.96 Å². The molecule has 0 spiro atoms. The van der Waals surface area contributed by atoms with Crippen LogP contribution < -0.4 is 10.6 Å². The van der Waals surface area contributed by atoms with Crippen LogP contribution in [0, 0.1) is 5.92 Å². The van der Waals surface area contributed by atoms with Crippen LogP contribution >= 0.6 is 24.0 Å². The summed E-state index contributed by atoms with van der Waals surface area (Å²) < 4.78 is 0. The number of guanidine groups is 1. The number of rotatable bonds is 4. The summed E-state index contributed by atoms with van der Waals surface area (Å²) in [5, 5.41) is 6.81. The quantitative estimate of drug-likeness (QED) is 0.453. The summed E-state index contributed by atoms with van der Waals surface area (Å²) in [7, 11) is 6.14. The van der Waals surface area contributed by atoms with Crippen LogP contribution in [0.15, 0.2) is 4.99 Å². The van der Waals surface area contributed by atoms with Crippen LogP contribution in [0.25, 0.3) is 0 Å². The highest BCUT2D eigenvalue weighted by molar-refractivity contribution is 14.0. The topological polar surface area (TPSA) is 39.7 Å². The van der Waals surface area contributed by atoms with Gasteiger partial charge in [-0.05, 0) is 53.6 Å². The largest absolute Gasteiger partial charge is 0.355 e. The van der Waals surface area contributed by atoms with Crippen molar-refractivity contribution >= 4 is 29.9 Å². The zero-order valence-corrected chi connectivity index (χ0v) is 14.9. The number of hydrogen-bond acceptors (Lipinski definition) is 2. The summed E-state index contributed by atoms with van der Waals surface area (Å²) in [5.74, 6) is 1.76. The summed E-state index contributed by atoms with van der Waals surface area (Å²) in [4.78, 5) is 6.57. The number of aliphatic imine (C=N–C) groups is 1. The summed E-state index contributed by atoms with van der Waals surface area (Å²) in [6.07, 6.45) is 2.74. The molecule has 1 unspecified atom stereocenters. The fourth-order valence-electron chi connectivity index (χ4n) is 1.99. The molecular formula is C13H29IN4. The summed E-state index contributed by atoms with van der Waals surface area (Å²) >= 11 is 0. The van der Waals surface area contributed by atoms with Crippen molar-refractivity contribution < 1.29 is 0 Å². The molecule has 0 radical (unpaired) electrons. The second-order valence-electron chi connectivity index (χ2n) is 6.20. The number of nitrogens with zero attached hydrogens (tertiary/aromatic N) is 2. The van der Waals surface area contributed by atoms with E-state index in [1.807, 2.05) is 7.05 Å². The first-order chi connectivity index (χ1) is 7.83. The van der Waals surface area contributed by atoms with Crippen molar-refractivity contribution in [2.24, 2.45) is 10.9 Å². The lowest BCUT2D eigenvalue weighted by Crippen LogP contribution is -2.51. The highest BCUT2D eigenvalue weighted by Gasteiger charge is 2.32. The second kappa shape index (κ2) is 7.53. The van der Waals surface area contributed by atoms with Crippen molar-refractivity contribution in [1.29, 1.82) is 0 Å². The number of halogens is 1. The normalized spacial score (nSPS) is 18.3. The van der Waals surface area contributed by atoms with Crippen LogP contribution in [0.4, 0.5) is 0 Å². The van der Waals surface area contributed by atoms with Gasteiger partial charge in [0.25, 0.3) is 0 Å². The Bertz CT molecular complexity index is 265. The van der Waals surface area contributed by atoms with Crippen molar-refractivity contribution in [3.05, 3.63) is 0 Å². The van der Waals surface area contributed by atoms with E-state index in [9.17, 15) is 0 Å². The molecule has 0 aliphatic heterocycles. The summed E-state index contributed by atoms with van der Waals surface area (Å²) in [6, 6.07) is 0.619. The Morgan fingerprint density at radius 2 is 1.89 bits per heavy atom. The standard InChI is InChI=1S/C13H28N4.HI/c1-13(2,3)16-12(14-4)15-9-11(17(5)6)10-7-8-10;/h10-11H,7-9H2,1-6H3,(H2,14,15,16);1H. The molecule has 1 rings (SSSR count). The molecule has 108 valence electrons. The van der Waals surface area contributed by atoms with Crippen molar-refractivity contribution in [3.63, 3.8) is 0 Å². The average molecular weight is 368 g/mol. The first kappa shape index (κ1) is 18.0. The van der Waals surface area contributed by atoms with Crippen molar-refractivity contribution in [1.82, 2.24) is 15.5 Å². The summed E-state index contributed by atoms with van der Waals surface area (Å²) in [6.45, 7) is 7.39. The molecular weight excluding hydrogens is 339 g/mol. The van der Waals surface area contributed by atoms with Gasteiger partial charge in [-0.3, -0.25) is 4.99 Å². The lowest BCUT2D eigenvalue weighted by molar-refractivity contribution is 0.263. The predicted molar refractivity (Wildman–Crippen MR) is 89.9 cm³/mol. The minimum Gasteiger partial charge on any atom is -0.355 e. The van der Waals surface area contributed by atoms with Crippen LogP contribution in [0.3, 0.4) is 0 Å². The van der Waals surface area contributed by atoms with E-state index >= 15 is 0 Å². The zero-order valence-electron chi connectivity index (χ0n) is 12.6. The van der Waals surface area contributed by atoms with Gasteiger partial charge in [0.2, 0.25) is 0 Å². The van der Waals surface area contributed by atoms with Crippen molar-refractivity contribution in [3.8, 4) is 0 Å². The molecule has 2 N–H and O–H groups in total. The molecule has 1 aliphatic carbocycles. The Labute approximate surface area is 129 Å². The molecule has 0 saturated heterocycles. The molecule has 0 aromatic carbocycles. The Morgan fingerprint density at radius 1 is 1.33 bits per heavy atom. The molecule has 0 aromatic rings. The minimum absolute atomic E-state index is 0. The van der Waals surface area contributed by atoms with E-state index in [1.54, 1.807) is 0 Å². The first-order valence-electron chi connectivity index (χ1n) is 6.49. The van der Waals surface area contributed by atoms with E-state index in [0.29, 0.717) is 6.04 Å². The molecule has 18 heavy (non-hydrogen) atoms. The highest BCUT2D eigenvalue weighted by Crippen LogP contribution is 2.34. The third-order valence-corrected chi connectivity index (χ3v) is 3.03. The van der Waals surface area contributed by atoms with E-state index in [-0.39, 0.29) is 29.5 Å². The molecule has 0 bridgehead atoms. The molecule has 0 amide bonds. The van der Waals surface area contributed by atoms with Crippen molar-refractivity contribution in [2.75, 3.05) is 27.7 Å². The van der Waals surface area contributed by atoms with Gasteiger partial charge < -0.3 is 15.5 Å². The Morgan fingerprint density at radius 3 is 2.22 bits per heavy atom. The van der Waals surface area contributed by atoms with Crippen molar-refractivity contribution in [2.45, 2.75) is 45.2 Å². The third-order valence-electron chi connectivity index (χ3n) is 3.03. The van der Waals surface area contributed by atoms with Gasteiger partial charge >= 0.3 is 0 Å². The maximum Gasteiger partial charge on any atom is 0.191 e. The molecule has 1 aliphatic rings. The van der Waals surface area contributed by atoms with Crippen LogP contribution in [0.5, 0.6) is 0 Å². The van der Waals surface area contributed by atoms with Gasteiger partial charge in [-0.15, -0.1) is 24.0 Å². The fourth-order valence-corrected chi connectivity index (χ4v) is 1.99. The maximum absolute atomic E-state index is 4.26. The average Bonchev–Trinajstić information content (AvgIpc) is 2.98. The molecule has 1 atom stereocenters.